The largest absolute Gasteiger partial charge is 0.480 e. The zero-order valence-corrected chi connectivity index (χ0v) is 10.4. The predicted molar refractivity (Wildman–Crippen MR) is 69.8 cm³/mol. The summed E-state index contributed by atoms with van der Waals surface area (Å²) in [5.74, 6) is -2.78. The second-order valence-corrected chi connectivity index (χ2v) is 4.55. The Kier molecular flexibility index (Phi) is 3.25. The van der Waals surface area contributed by atoms with Crippen LogP contribution in [0.3, 0.4) is 0 Å². The molecule has 4 heteroatoms. The minimum Gasteiger partial charge on any atom is -0.480 e. The monoisotopic (exact) mass is 258 g/mol. The maximum atomic E-state index is 11.8. The molecule has 0 aliphatic heterocycles. The molecule has 98 valence electrons. The molecule has 1 unspecified atom stereocenters. The van der Waals surface area contributed by atoms with Crippen molar-refractivity contribution in [2.24, 2.45) is 5.92 Å². The van der Waals surface area contributed by atoms with Crippen LogP contribution in [0.25, 0.3) is 0 Å². The molecule has 4 nitrogen and oxygen atoms in total. The van der Waals surface area contributed by atoms with Crippen molar-refractivity contribution < 1.29 is 19.8 Å². The van der Waals surface area contributed by atoms with E-state index in [9.17, 15) is 19.8 Å². The third-order valence-corrected chi connectivity index (χ3v) is 3.64. The summed E-state index contributed by atoms with van der Waals surface area (Å²) in [5, 5.41) is 18.8. The van der Waals surface area contributed by atoms with Crippen molar-refractivity contribution in [1.82, 2.24) is 0 Å². The van der Waals surface area contributed by atoms with Crippen molar-refractivity contribution in [2.45, 2.75) is 12.3 Å². The number of allylic oxidation sites excluding steroid dienone is 2. The number of carbonyl (C=O) groups is 2. The highest BCUT2D eigenvalue weighted by atomic mass is 16.4. The fourth-order valence-corrected chi connectivity index (χ4v) is 2.53. The van der Waals surface area contributed by atoms with Gasteiger partial charge in [-0.25, -0.2) is 4.79 Å². The Labute approximate surface area is 110 Å². The van der Waals surface area contributed by atoms with E-state index in [0.29, 0.717) is 5.56 Å². The van der Waals surface area contributed by atoms with E-state index >= 15 is 0 Å². The van der Waals surface area contributed by atoms with Gasteiger partial charge in [0.2, 0.25) is 0 Å². The molecule has 0 bridgehead atoms. The van der Waals surface area contributed by atoms with Crippen molar-refractivity contribution in [2.75, 3.05) is 0 Å². The molecule has 0 fully saturated rings. The maximum Gasteiger partial charge on any atom is 0.331 e. The van der Waals surface area contributed by atoms with Gasteiger partial charge in [0.25, 0.3) is 0 Å². The molecule has 0 aromatic heterocycles. The number of carboxylic acids is 2. The van der Waals surface area contributed by atoms with Gasteiger partial charge in [0, 0.05) is 11.5 Å². The van der Waals surface area contributed by atoms with Crippen molar-refractivity contribution in [3.63, 3.8) is 0 Å². The van der Waals surface area contributed by atoms with E-state index in [1.54, 1.807) is 43.3 Å². The molecule has 0 spiro atoms. The van der Waals surface area contributed by atoms with Crippen LogP contribution in [0.15, 0.2) is 54.1 Å². The molecular weight excluding hydrogens is 244 g/mol. The summed E-state index contributed by atoms with van der Waals surface area (Å²) in [6, 6.07) is 8.71. The average Bonchev–Trinajstić information content (AvgIpc) is 2.39. The summed E-state index contributed by atoms with van der Waals surface area (Å²) < 4.78 is 0. The quantitative estimate of drug-likeness (QED) is 0.871. The molecule has 2 N–H and O–H groups in total. The Morgan fingerprint density at radius 1 is 1.16 bits per heavy atom. The van der Waals surface area contributed by atoms with Crippen LogP contribution in [0.4, 0.5) is 0 Å². The first-order chi connectivity index (χ1) is 9.00. The van der Waals surface area contributed by atoms with Gasteiger partial charge in [-0.2, -0.15) is 0 Å². The Balaban J connectivity index is 2.61. The summed E-state index contributed by atoms with van der Waals surface area (Å²) in [7, 11) is 0. The van der Waals surface area contributed by atoms with Crippen molar-refractivity contribution in [1.29, 1.82) is 0 Å². The van der Waals surface area contributed by atoms with E-state index in [1.807, 2.05) is 0 Å². The van der Waals surface area contributed by atoms with Crippen LogP contribution in [0.2, 0.25) is 0 Å². The van der Waals surface area contributed by atoms with Crippen molar-refractivity contribution in [3.05, 3.63) is 59.7 Å². The molecule has 0 heterocycles. The van der Waals surface area contributed by atoms with Gasteiger partial charge < -0.3 is 10.2 Å². The molecule has 1 aliphatic rings. The molecule has 1 aromatic rings. The van der Waals surface area contributed by atoms with Crippen LogP contribution in [0, 0.1) is 5.92 Å². The van der Waals surface area contributed by atoms with Crippen LogP contribution in [-0.2, 0) is 15.0 Å². The molecule has 19 heavy (non-hydrogen) atoms. The van der Waals surface area contributed by atoms with Gasteiger partial charge in [0.15, 0.2) is 0 Å². The number of carboxylic acid groups (broad SMARTS) is 2. The van der Waals surface area contributed by atoms with E-state index in [4.69, 9.17) is 0 Å². The lowest BCUT2D eigenvalue weighted by atomic mass is 9.66. The van der Waals surface area contributed by atoms with E-state index in [2.05, 4.69) is 0 Å². The normalized spacial score (nSPS) is 25.7. The number of hydrogen-bond donors (Lipinski definition) is 2. The molecule has 0 saturated carbocycles. The molecule has 0 radical (unpaired) electrons. The lowest BCUT2D eigenvalue weighted by Gasteiger charge is -2.35. The van der Waals surface area contributed by atoms with Gasteiger partial charge >= 0.3 is 11.9 Å². The van der Waals surface area contributed by atoms with Crippen molar-refractivity contribution in [3.8, 4) is 0 Å². The van der Waals surface area contributed by atoms with Crippen LogP contribution in [0.5, 0.6) is 0 Å². The zero-order chi connectivity index (χ0) is 14.0. The first kappa shape index (κ1) is 13.1. The molecule has 0 amide bonds. The van der Waals surface area contributed by atoms with Gasteiger partial charge in [0.1, 0.15) is 5.41 Å². The fraction of sp³-hybridized carbons (Fsp3) is 0.200. The van der Waals surface area contributed by atoms with Gasteiger partial charge in [0.05, 0.1) is 0 Å². The third kappa shape index (κ3) is 1.95. The van der Waals surface area contributed by atoms with Gasteiger partial charge in [-0.3, -0.25) is 4.79 Å². The molecule has 2 atom stereocenters. The van der Waals surface area contributed by atoms with E-state index < -0.39 is 23.3 Å². The van der Waals surface area contributed by atoms with Crippen LogP contribution in [-0.4, -0.2) is 22.2 Å². The molecule has 1 aliphatic carbocycles. The first-order valence-electron chi connectivity index (χ1n) is 5.91. The minimum atomic E-state index is -1.33. The van der Waals surface area contributed by atoms with Gasteiger partial charge in [-0.1, -0.05) is 55.5 Å². The Hall–Kier alpha value is -2.36. The van der Waals surface area contributed by atoms with E-state index in [0.717, 1.165) is 0 Å². The highest BCUT2D eigenvalue weighted by Crippen LogP contribution is 2.41. The lowest BCUT2D eigenvalue weighted by Crippen LogP contribution is -2.43. The molecular formula is C15H14O4. The Morgan fingerprint density at radius 2 is 1.79 bits per heavy atom. The number of hydrogen-bond acceptors (Lipinski definition) is 2. The predicted octanol–water partition coefficient (Wildman–Crippen LogP) is 2.23. The summed E-state index contributed by atoms with van der Waals surface area (Å²) in [4.78, 5) is 23.0. The van der Waals surface area contributed by atoms with E-state index in [1.165, 1.54) is 12.2 Å². The number of benzene rings is 1. The minimum absolute atomic E-state index is 0.105. The lowest BCUT2D eigenvalue weighted by molar-refractivity contribution is -0.143. The highest BCUT2D eigenvalue weighted by molar-refractivity contribution is 5.93. The summed E-state index contributed by atoms with van der Waals surface area (Å²) in [5.41, 5.74) is -0.643. The molecule has 1 aromatic carbocycles. The summed E-state index contributed by atoms with van der Waals surface area (Å²) in [6.07, 6.45) is 4.52. The van der Waals surface area contributed by atoms with Crippen LogP contribution < -0.4 is 0 Å². The zero-order valence-electron chi connectivity index (χ0n) is 10.4. The molecule has 2 rings (SSSR count). The summed E-state index contributed by atoms with van der Waals surface area (Å²) >= 11 is 0. The van der Waals surface area contributed by atoms with Crippen LogP contribution >= 0.6 is 0 Å². The first-order valence-corrected chi connectivity index (χ1v) is 5.91. The van der Waals surface area contributed by atoms with E-state index in [-0.39, 0.29) is 5.57 Å². The smallest absolute Gasteiger partial charge is 0.331 e. The Bertz CT molecular complexity index is 571. The fourth-order valence-electron chi connectivity index (χ4n) is 2.53. The van der Waals surface area contributed by atoms with Crippen LogP contribution in [0.1, 0.15) is 12.5 Å². The SMILES string of the molecule is CC1C(C(=O)O)=CC=C[C@@]1(C(=O)O)c1ccccc1. The second kappa shape index (κ2) is 4.72. The van der Waals surface area contributed by atoms with Gasteiger partial charge in [-0.15, -0.1) is 0 Å². The maximum absolute atomic E-state index is 11.8. The highest BCUT2D eigenvalue weighted by Gasteiger charge is 2.47. The number of aliphatic carboxylic acids is 2. The Morgan fingerprint density at radius 3 is 2.32 bits per heavy atom. The second-order valence-electron chi connectivity index (χ2n) is 4.55. The van der Waals surface area contributed by atoms with Gasteiger partial charge in [-0.05, 0) is 5.56 Å². The molecule has 0 saturated heterocycles. The third-order valence-electron chi connectivity index (χ3n) is 3.64. The standard InChI is InChI=1S/C15H14O4/c1-10-12(13(16)17)8-5-9-15(10,14(18)19)11-6-3-2-4-7-11/h2-10H,1H3,(H,16,17)(H,18,19)/t10?,15-/m0/s1. The average molecular weight is 258 g/mol. The topological polar surface area (TPSA) is 74.6 Å². The summed E-state index contributed by atoms with van der Waals surface area (Å²) in [6.45, 7) is 1.63. The number of rotatable bonds is 3. The van der Waals surface area contributed by atoms with Crippen molar-refractivity contribution >= 4 is 11.9 Å².